The molecular formula is C25H22ClF3N5O3+. The van der Waals surface area contributed by atoms with Crippen LogP contribution in [0.15, 0.2) is 72.9 Å². The third-order valence-corrected chi connectivity index (χ3v) is 6.29. The van der Waals surface area contributed by atoms with Crippen LogP contribution in [0.5, 0.6) is 0 Å². The van der Waals surface area contributed by atoms with Crippen LogP contribution in [-0.2, 0) is 6.18 Å². The Balaban J connectivity index is 1.52. The summed E-state index contributed by atoms with van der Waals surface area (Å²) in [6.45, 7) is 0. The van der Waals surface area contributed by atoms with Crippen LogP contribution in [0, 0.1) is 0 Å². The number of carbonyl (C=O) groups excluding carboxylic acids is 2. The van der Waals surface area contributed by atoms with E-state index in [-0.39, 0.29) is 9.55 Å². The first-order valence-electron chi connectivity index (χ1n) is 10.8. The molecule has 0 atom stereocenters. The summed E-state index contributed by atoms with van der Waals surface area (Å²) < 4.78 is 41.1. The highest BCUT2D eigenvalue weighted by atomic mass is 35.5. The fraction of sp³-hybridized carbons (Fsp3) is 0.120. The second-order valence-corrected chi connectivity index (χ2v) is 9.08. The van der Waals surface area contributed by atoms with Gasteiger partial charge in [0, 0.05) is 35.1 Å². The molecule has 0 fully saturated rings. The highest BCUT2D eigenvalue weighted by Crippen LogP contribution is 2.37. The third-order valence-electron chi connectivity index (χ3n) is 5.96. The van der Waals surface area contributed by atoms with E-state index in [0.29, 0.717) is 11.8 Å². The summed E-state index contributed by atoms with van der Waals surface area (Å²) in [5.74, 6) is 0. The molecule has 8 nitrogen and oxygen atoms in total. The number of alkyl halides is 3. The van der Waals surface area contributed by atoms with Crippen LogP contribution in [0.3, 0.4) is 0 Å². The largest absolute Gasteiger partial charge is 0.418 e. The van der Waals surface area contributed by atoms with E-state index in [1.54, 1.807) is 38.4 Å². The number of fused-ring (bicyclic) bond motifs is 1. The molecule has 0 aliphatic rings. The maximum absolute atomic E-state index is 13.1. The van der Waals surface area contributed by atoms with Crippen molar-refractivity contribution in [1.82, 2.24) is 9.05 Å². The van der Waals surface area contributed by atoms with E-state index < -0.39 is 34.5 Å². The van der Waals surface area contributed by atoms with Gasteiger partial charge in [0.2, 0.25) is 0 Å². The molecule has 4 amide bonds. The fourth-order valence-corrected chi connectivity index (χ4v) is 3.92. The summed E-state index contributed by atoms with van der Waals surface area (Å²) in [6, 6.07) is 15.1. The van der Waals surface area contributed by atoms with Gasteiger partial charge in [-0.25, -0.2) is 14.1 Å². The summed E-state index contributed by atoms with van der Waals surface area (Å²) in [7, 11) is 3.40. The van der Waals surface area contributed by atoms with Gasteiger partial charge in [0.1, 0.15) is 5.69 Å². The van der Waals surface area contributed by atoms with E-state index in [4.69, 9.17) is 17.3 Å². The summed E-state index contributed by atoms with van der Waals surface area (Å²) >= 11 is 5.59. The molecule has 0 bridgehead atoms. The van der Waals surface area contributed by atoms with Gasteiger partial charge in [-0.1, -0.05) is 11.6 Å². The number of nitrogens with zero attached hydrogens (tertiary/aromatic N) is 3. The average molecular weight is 533 g/mol. The topological polar surface area (TPSA) is 101 Å². The van der Waals surface area contributed by atoms with Gasteiger partial charge >= 0.3 is 18.2 Å². The lowest BCUT2D eigenvalue weighted by Crippen LogP contribution is -2.50. The third kappa shape index (κ3) is 5.10. The number of primary amides is 1. The van der Waals surface area contributed by atoms with E-state index in [9.17, 15) is 28.0 Å². The van der Waals surface area contributed by atoms with E-state index in [1.165, 1.54) is 0 Å². The predicted molar refractivity (Wildman–Crippen MR) is 136 cm³/mol. The number of amides is 4. The monoisotopic (exact) mass is 532 g/mol. The molecule has 1 heterocycles. The number of hydrogen-bond donors (Lipinski definition) is 3. The van der Waals surface area contributed by atoms with Gasteiger partial charge in [-0.2, -0.15) is 18.2 Å². The van der Waals surface area contributed by atoms with E-state index in [2.05, 4.69) is 5.32 Å². The Labute approximate surface area is 214 Å². The Bertz CT molecular complexity index is 1500. The minimum absolute atomic E-state index is 0.0720. The van der Waals surface area contributed by atoms with Crippen molar-refractivity contribution in [3.63, 3.8) is 0 Å². The molecule has 0 saturated heterocycles. The van der Waals surface area contributed by atoms with E-state index >= 15 is 0 Å². The minimum atomic E-state index is -4.75. The van der Waals surface area contributed by atoms with Gasteiger partial charge in [-0.15, -0.1) is 0 Å². The lowest BCUT2D eigenvalue weighted by Gasteiger charge is -2.23. The zero-order valence-corrected chi connectivity index (χ0v) is 20.4. The number of nitrogens with two attached hydrogens (primary N) is 1. The van der Waals surface area contributed by atoms with Crippen LogP contribution in [0.2, 0.25) is 5.02 Å². The predicted octanol–water partition coefficient (Wildman–Crippen LogP) is 6.38. The molecule has 0 saturated carbocycles. The summed E-state index contributed by atoms with van der Waals surface area (Å²) in [4.78, 5) is 24.2. The van der Waals surface area contributed by atoms with Gasteiger partial charge in [-0.3, -0.25) is 5.21 Å². The number of anilines is 2. The number of halogens is 4. The Kier molecular flexibility index (Phi) is 6.63. The Morgan fingerprint density at radius 2 is 1.70 bits per heavy atom. The first-order valence-corrected chi connectivity index (χ1v) is 11.2. The Morgan fingerprint density at radius 1 is 1.03 bits per heavy atom. The van der Waals surface area contributed by atoms with Gasteiger partial charge in [0.25, 0.3) is 0 Å². The molecule has 4 aromatic rings. The molecule has 4 rings (SSSR count). The highest BCUT2D eigenvalue weighted by Gasteiger charge is 2.34. The molecule has 3 aromatic carbocycles. The molecule has 37 heavy (non-hydrogen) atoms. The molecule has 0 radical (unpaired) electrons. The molecule has 1 aromatic heterocycles. The molecule has 192 valence electrons. The lowest BCUT2D eigenvalue weighted by atomic mass is 10.2. The second kappa shape index (κ2) is 9.43. The molecule has 0 aliphatic carbocycles. The fourth-order valence-electron chi connectivity index (χ4n) is 3.69. The molecule has 4 N–H and O–H groups in total. The number of nitrogens with one attached hydrogen (secondary N) is 1. The zero-order chi connectivity index (χ0) is 27.1. The van der Waals surface area contributed by atoms with Gasteiger partial charge in [0.15, 0.2) is 0 Å². The van der Waals surface area contributed by atoms with E-state index in [0.717, 1.165) is 34.4 Å². The molecule has 0 unspecified atom stereocenters. The van der Waals surface area contributed by atoms with Crippen LogP contribution < -0.4 is 20.6 Å². The number of aromatic nitrogens is 1. The summed E-state index contributed by atoms with van der Waals surface area (Å²) in [5.41, 5.74) is 6.59. The van der Waals surface area contributed by atoms with Crippen LogP contribution >= 0.6 is 11.6 Å². The number of benzene rings is 3. The van der Waals surface area contributed by atoms with Crippen LogP contribution in [0.25, 0.3) is 16.6 Å². The number of carbonyl (C=O) groups is 2. The van der Waals surface area contributed by atoms with Gasteiger partial charge in [0.05, 0.1) is 35.9 Å². The zero-order valence-electron chi connectivity index (χ0n) is 19.6. The molecule has 0 aliphatic heterocycles. The van der Waals surface area contributed by atoms with Crippen molar-refractivity contribution < 1.29 is 28.0 Å². The van der Waals surface area contributed by atoms with Crippen molar-refractivity contribution in [2.24, 2.45) is 5.73 Å². The number of hydroxylamine groups is 1. The number of hydrogen-bond acceptors (Lipinski definition) is 3. The van der Waals surface area contributed by atoms with Crippen LogP contribution in [0.1, 0.15) is 5.56 Å². The van der Waals surface area contributed by atoms with Crippen molar-refractivity contribution in [2.45, 2.75) is 6.18 Å². The SMILES string of the molecule is C[N+](C)(C(N)=O)c1ccc2c(ccn2-c2ccc(NC(=O)N(O)c3ccc(Cl)c(C(F)(F)F)c3)cc2)c1. The average Bonchev–Trinajstić information content (AvgIpc) is 3.27. The normalized spacial score (nSPS) is 12.0. The van der Waals surface area contributed by atoms with E-state index in [1.807, 2.05) is 35.0 Å². The van der Waals surface area contributed by atoms with Crippen molar-refractivity contribution in [3.05, 3.63) is 83.5 Å². The Hall–Kier alpha value is -4.06. The van der Waals surface area contributed by atoms with Gasteiger partial charge in [-0.05, 0) is 54.6 Å². The quantitative estimate of drug-likeness (QED) is 0.161. The molecule has 0 spiro atoms. The lowest BCUT2D eigenvalue weighted by molar-refractivity contribution is -0.137. The first-order chi connectivity index (χ1) is 17.3. The summed E-state index contributed by atoms with van der Waals surface area (Å²) in [6.07, 6.45) is -2.90. The van der Waals surface area contributed by atoms with Crippen LogP contribution in [0.4, 0.5) is 39.8 Å². The van der Waals surface area contributed by atoms with Crippen LogP contribution in [-0.4, -0.2) is 35.9 Å². The summed E-state index contributed by atoms with van der Waals surface area (Å²) in [5, 5.41) is 13.0. The maximum Gasteiger partial charge on any atom is 0.418 e. The van der Waals surface area contributed by atoms with Gasteiger partial charge < -0.3 is 15.6 Å². The Morgan fingerprint density at radius 3 is 2.32 bits per heavy atom. The number of rotatable bonds is 4. The maximum atomic E-state index is 13.1. The number of urea groups is 2. The first kappa shape index (κ1) is 26.0. The minimum Gasteiger partial charge on any atom is -0.319 e. The van der Waals surface area contributed by atoms with Crippen molar-refractivity contribution >= 4 is 51.6 Å². The standard InChI is InChI=1S/C25H21ClF3N5O3/c1-34(2,23(30)35)19-8-10-22-15(13-19)11-12-32(22)17-5-3-16(4-6-17)31-24(36)33(37)18-7-9-21(26)20(14-18)25(27,28)29/h3-14,37H,1-2H3,(H2-,30,31,35,36)/p+1. The van der Waals surface area contributed by atoms with Crippen molar-refractivity contribution in [1.29, 1.82) is 0 Å². The number of quaternary nitrogens is 1. The second-order valence-electron chi connectivity index (χ2n) is 8.67. The molecule has 12 heteroatoms. The molecular weight excluding hydrogens is 511 g/mol. The van der Waals surface area contributed by atoms with Crippen molar-refractivity contribution in [2.75, 3.05) is 24.5 Å². The smallest absolute Gasteiger partial charge is 0.319 e. The highest BCUT2D eigenvalue weighted by molar-refractivity contribution is 6.31. The van der Waals surface area contributed by atoms with Crippen molar-refractivity contribution in [3.8, 4) is 5.69 Å².